The molecule has 5 heteroatoms. The highest BCUT2D eigenvalue weighted by Gasteiger charge is 2.28. The zero-order valence-corrected chi connectivity index (χ0v) is 11.5. The van der Waals surface area contributed by atoms with Crippen LogP contribution in [0.1, 0.15) is 17.5 Å². The molecule has 0 unspecified atom stereocenters. The summed E-state index contributed by atoms with van der Waals surface area (Å²) >= 11 is 0. The first kappa shape index (κ1) is 14.5. The van der Waals surface area contributed by atoms with E-state index < -0.39 is 12.0 Å². The Bertz CT molecular complexity index is 494. The van der Waals surface area contributed by atoms with E-state index in [9.17, 15) is 14.7 Å². The Morgan fingerprint density at radius 3 is 2.90 bits per heavy atom. The van der Waals surface area contributed by atoms with E-state index in [2.05, 4.69) is 5.32 Å². The van der Waals surface area contributed by atoms with Gasteiger partial charge in [0.2, 0.25) is 5.91 Å². The highest BCUT2D eigenvalue weighted by Crippen LogP contribution is 2.13. The molecule has 5 nitrogen and oxygen atoms in total. The molecule has 0 aliphatic carbocycles. The first-order valence-corrected chi connectivity index (χ1v) is 6.72. The largest absolute Gasteiger partial charge is 0.480 e. The molecule has 1 aromatic carbocycles. The molecule has 2 rings (SSSR count). The highest BCUT2D eigenvalue weighted by molar-refractivity contribution is 5.85. The van der Waals surface area contributed by atoms with Gasteiger partial charge in [-0.05, 0) is 18.9 Å². The van der Waals surface area contributed by atoms with E-state index in [1.54, 1.807) is 0 Å². The zero-order chi connectivity index (χ0) is 14.5. The van der Waals surface area contributed by atoms with Crippen molar-refractivity contribution in [3.05, 3.63) is 35.4 Å². The van der Waals surface area contributed by atoms with E-state index in [1.165, 1.54) is 0 Å². The van der Waals surface area contributed by atoms with Crippen molar-refractivity contribution in [2.45, 2.75) is 25.8 Å². The minimum Gasteiger partial charge on any atom is -0.480 e. The van der Waals surface area contributed by atoms with Crippen molar-refractivity contribution in [2.75, 3.05) is 13.2 Å². The SMILES string of the molecule is Cc1cccc(C[C@H](NC(=O)[C@@H]2CCOC2)C(=O)O)c1. The number of carboxylic acid groups (broad SMARTS) is 1. The second-order valence-corrected chi connectivity index (χ2v) is 5.15. The third-order valence-electron chi connectivity index (χ3n) is 3.44. The van der Waals surface area contributed by atoms with E-state index in [-0.39, 0.29) is 18.2 Å². The number of nitrogens with one attached hydrogen (secondary N) is 1. The van der Waals surface area contributed by atoms with Gasteiger partial charge in [0.25, 0.3) is 0 Å². The second-order valence-electron chi connectivity index (χ2n) is 5.15. The summed E-state index contributed by atoms with van der Waals surface area (Å²) in [7, 11) is 0. The van der Waals surface area contributed by atoms with Gasteiger partial charge in [-0.2, -0.15) is 0 Å². The van der Waals surface area contributed by atoms with E-state index in [4.69, 9.17) is 4.74 Å². The molecule has 0 radical (unpaired) electrons. The van der Waals surface area contributed by atoms with Crippen LogP contribution in [-0.4, -0.2) is 36.2 Å². The van der Waals surface area contributed by atoms with Gasteiger partial charge in [0.1, 0.15) is 6.04 Å². The molecular weight excluding hydrogens is 258 g/mol. The third-order valence-corrected chi connectivity index (χ3v) is 3.44. The summed E-state index contributed by atoms with van der Waals surface area (Å²) < 4.78 is 5.15. The van der Waals surface area contributed by atoms with Gasteiger partial charge in [0.05, 0.1) is 12.5 Å². The molecule has 0 saturated carbocycles. The lowest BCUT2D eigenvalue weighted by Gasteiger charge is -2.17. The number of ether oxygens (including phenoxy) is 1. The summed E-state index contributed by atoms with van der Waals surface area (Å²) in [6.07, 6.45) is 0.943. The van der Waals surface area contributed by atoms with Gasteiger partial charge in [-0.15, -0.1) is 0 Å². The summed E-state index contributed by atoms with van der Waals surface area (Å²) in [5.41, 5.74) is 1.97. The number of carboxylic acids is 1. The van der Waals surface area contributed by atoms with Gasteiger partial charge in [0.15, 0.2) is 0 Å². The van der Waals surface area contributed by atoms with Crippen LogP contribution in [0.15, 0.2) is 24.3 Å². The maximum absolute atomic E-state index is 12.0. The molecule has 20 heavy (non-hydrogen) atoms. The predicted octanol–water partition coefficient (Wildman–Crippen LogP) is 1.14. The minimum absolute atomic E-state index is 0.227. The quantitative estimate of drug-likeness (QED) is 0.846. The van der Waals surface area contributed by atoms with Gasteiger partial charge in [-0.3, -0.25) is 4.79 Å². The smallest absolute Gasteiger partial charge is 0.326 e. The van der Waals surface area contributed by atoms with Crippen LogP contribution in [0.2, 0.25) is 0 Å². The molecule has 0 spiro atoms. The lowest BCUT2D eigenvalue weighted by atomic mass is 10.0. The number of aryl methyl sites for hydroxylation is 1. The Morgan fingerprint density at radius 1 is 1.50 bits per heavy atom. The Morgan fingerprint density at radius 2 is 2.30 bits per heavy atom. The molecule has 1 saturated heterocycles. The third kappa shape index (κ3) is 3.81. The first-order chi connectivity index (χ1) is 9.56. The van der Waals surface area contributed by atoms with Crippen LogP contribution in [0.5, 0.6) is 0 Å². The number of hydrogen-bond donors (Lipinski definition) is 2. The van der Waals surface area contributed by atoms with Crippen LogP contribution >= 0.6 is 0 Å². The molecule has 2 atom stereocenters. The molecule has 1 aliphatic heterocycles. The average Bonchev–Trinajstić information content (AvgIpc) is 2.91. The highest BCUT2D eigenvalue weighted by atomic mass is 16.5. The lowest BCUT2D eigenvalue weighted by Crippen LogP contribution is -2.45. The predicted molar refractivity (Wildman–Crippen MR) is 73.4 cm³/mol. The molecule has 1 aromatic rings. The summed E-state index contributed by atoms with van der Waals surface area (Å²) in [4.78, 5) is 23.3. The van der Waals surface area contributed by atoms with Crippen LogP contribution in [0.25, 0.3) is 0 Å². The molecule has 1 heterocycles. The summed E-state index contributed by atoms with van der Waals surface area (Å²) in [5, 5.41) is 11.9. The molecular formula is C15H19NO4. The fraction of sp³-hybridized carbons (Fsp3) is 0.467. The van der Waals surface area contributed by atoms with E-state index in [1.807, 2.05) is 31.2 Å². The van der Waals surface area contributed by atoms with Crippen LogP contribution in [0.4, 0.5) is 0 Å². The van der Waals surface area contributed by atoms with Crippen LogP contribution < -0.4 is 5.32 Å². The minimum atomic E-state index is -1.02. The number of hydrogen-bond acceptors (Lipinski definition) is 3. The Hall–Kier alpha value is -1.88. The van der Waals surface area contributed by atoms with E-state index in [0.29, 0.717) is 19.6 Å². The summed E-state index contributed by atoms with van der Waals surface area (Å²) in [5.74, 6) is -1.48. The fourth-order valence-electron chi connectivity index (χ4n) is 2.31. The maximum Gasteiger partial charge on any atom is 0.326 e. The normalized spacial score (nSPS) is 19.6. The van der Waals surface area contributed by atoms with Crippen molar-refractivity contribution >= 4 is 11.9 Å². The first-order valence-electron chi connectivity index (χ1n) is 6.72. The van der Waals surface area contributed by atoms with Crippen molar-refractivity contribution in [1.82, 2.24) is 5.32 Å². The van der Waals surface area contributed by atoms with Crippen molar-refractivity contribution < 1.29 is 19.4 Å². The van der Waals surface area contributed by atoms with Crippen LogP contribution in [-0.2, 0) is 20.7 Å². The van der Waals surface area contributed by atoms with E-state index >= 15 is 0 Å². The average molecular weight is 277 g/mol. The van der Waals surface area contributed by atoms with Crippen molar-refractivity contribution in [3.8, 4) is 0 Å². The molecule has 0 bridgehead atoms. The summed E-state index contributed by atoms with van der Waals surface area (Å²) in [6.45, 7) is 2.89. The number of rotatable bonds is 5. The summed E-state index contributed by atoms with van der Waals surface area (Å²) in [6, 6.07) is 6.74. The van der Waals surface area contributed by atoms with Gasteiger partial charge < -0.3 is 15.2 Å². The maximum atomic E-state index is 12.0. The topological polar surface area (TPSA) is 75.6 Å². The van der Waals surface area contributed by atoms with Crippen molar-refractivity contribution in [1.29, 1.82) is 0 Å². The van der Waals surface area contributed by atoms with Gasteiger partial charge in [-0.1, -0.05) is 29.8 Å². The Balaban J connectivity index is 2.00. The molecule has 1 fully saturated rings. The van der Waals surface area contributed by atoms with Gasteiger partial charge >= 0.3 is 5.97 Å². The molecule has 0 aromatic heterocycles. The molecule has 108 valence electrons. The van der Waals surface area contributed by atoms with Crippen LogP contribution in [0.3, 0.4) is 0 Å². The second kappa shape index (κ2) is 6.52. The van der Waals surface area contributed by atoms with Crippen molar-refractivity contribution in [3.63, 3.8) is 0 Å². The van der Waals surface area contributed by atoms with Gasteiger partial charge in [0, 0.05) is 13.0 Å². The van der Waals surface area contributed by atoms with Crippen molar-refractivity contribution in [2.24, 2.45) is 5.92 Å². The van der Waals surface area contributed by atoms with Crippen LogP contribution in [0, 0.1) is 12.8 Å². The number of benzene rings is 1. The molecule has 1 amide bonds. The number of aliphatic carboxylic acids is 1. The zero-order valence-electron chi connectivity index (χ0n) is 11.5. The number of amides is 1. The molecule has 1 aliphatic rings. The van der Waals surface area contributed by atoms with E-state index in [0.717, 1.165) is 11.1 Å². The number of carbonyl (C=O) groups excluding carboxylic acids is 1. The standard InChI is InChI=1S/C15H19NO4/c1-10-3-2-4-11(7-10)8-13(15(18)19)16-14(17)12-5-6-20-9-12/h2-4,7,12-13H,5-6,8-9H2,1H3,(H,16,17)(H,18,19)/t12-,13+/m1/s1. The van der Waals surface area contributed by atoms with Gasteiger partial charge in [-0.25, -0.2) is 4.79 Å². The lowest BCUT2D eigenvalue weighted by molar-refractivity contribution is -0.142. The molecule has 2 N–H and O–H groups in total. The monoisotopic (exact) mass is 277 g/mol. The Kier molecular flexibility index (Phi) is 4.74. The number of carbonyl (C=O) groups is 2. The fourth-order valence-corrected chi connectivity index (χ4v) is 2.31. The Labute approximate surface area is 117 Å².